The summed E-state index contributed by atoms with van der Waals surface area (Å²) in [7, 11) is 0.646. The summed E-state index contributed by atoms with van der Waals surface area (Å²) in [5, 5.41) is 0. The molecule has 0 fully saturated rings. The number of aromatic nitrogens is 1. The molecule has 0 aliphatic heterocycles. The van der Waals surface area contributed by atoms with Crippen molar-refractivity contribution in [3.8, 4) is 5.75 Å². The fourth-order valence-corrected chi connectivity index (χ4v) is 3.23. The van der Waals surface area contributed by atoms with Gasteiger partial charge in [-0.1, -0.05) is 0 Å². The number of anilines is 1. The fraction of sp³-hybridized carbons (Fsp3) is 0.167. The number of alkyl halides is 3. The van der Waals surface area contributed by atoms with Crippen molar-refractivity contribution in [2.24, 2.45) is 0 Å². The van der Waals surface area contributed by atoms with Gasteiger partial charge in [-0.05, 0) is 15.9 Å². The van der Waals surface area contributed by atoms with Gasteiger partial charge in [0.25, 0.3) is 9.05 Å². The Bertz CT molecular complexity index is 548. The molecule has 0 atom stereocenters. The molecule has 5 nitrogen and oxygen atoms in total. The van der Waals surface area contributed by atoms with Gasteiger partial charge in [0, 0.05) is 10.7 Å². The lowest BCUT2D eigenvalue weighted by atomic mass is 10.4. The summed E-state index contributed by atoms with van der Waals surface area (Å²) in [6.07, 6.45) is -4.39. The van der Waals surface area contributed by atoms with E-state index in [9.17, 15) is 21.6 Å². The topological polar surface area (TPSA) is 82.3 Å². The molecule has 0 aliphatic carbocycles. The molecule has 0 saturated carbocycles. The van der Waals surface area contributed by atoms with Crippen molar-refractivity contribution in [3.05, 3.63) is 10.8 Å². The van der Waals surface area contributed by atoms with Gasteiger partial charge < -0.3 is 10.5 Å². The highest BCUT2D eigenvalue weighted by atomic mass is 79.9. The molecule has 0 bridgehead atoms. The van der Waals surface area contributed by atoms with Gasteiger partial charge in [0.2, 0.25) is 0 Å². The number of rotatable bonds is 2. The molecule has 2 N–H and O–H groups in total. The molecular formula is C6H3BrClF3N2O3S. The molecule has 96 valence electrons. The lowest BCUT2D eigenvalue weighted by molar-refractivity contribution is -0.274. The number of nitrogen functional groups attached to an aromatic ring is 1. The minimum Gasteiger partial charge on any atom is -0.402 e. The minimum absolute atomic E-state index is 0.306. The first-order chi connectivity index (χ1) is 7.52. The van der Waals surface area contributed by atoms with Crippen LogP contribution < -0.4 is 10.5 Å². The summed E-state index contributed by atoms with van der Waals surface area (Å²) in [6, 6.07) is 0. The molecule has 1 rings (SSSR count). The number of halogens is 5. The van der Waals surface area contributed by atoms with Crippen LogP contribution in [0.25, 0.3) is 0 Å². The third-order valence-electron chi connectivity index (χ3n) is 1.46. The summed E-state index contributed by atoms with van der Waals surface area (Å²) < 4.78 is 61.2. The van der Waals surface area contributed by atoms with Crippen LogP contribution in [-0.2, 0) is 9.05 Å². The van der Waals surface area contributed by atoms with Crippen molar-refractivity contribution in [3.63, 3.8) is 0 Å². The average molecular weight is 356 g/mol. The second-order valence-corrected chi connectivity index (χ2v) is 5.90. The van der Waals surface area contributed by atoms with Gasteiger partial charge in [-0.15, -0.1) is 13.2 Å². The van der Waals surface area contributed by atoms with Crippen molar-refractivity contribution in [1.82, 2.24) is 4.98 Å². The highest BCUT2D eigenvalue weighted by Crippen LogP contribution is 2.37. The Kier molecular flexibility index (Phi) is 3.79. The van der Waals surface area contributed by atoms with Crippen molar-refractivity contribution in [1.29, 1.82) is 0 Å². The smallest absolute Gasteiger partial charge is 0.402 e. The quantitative estimate of drug-likeness (QED) is 0.650. The third kappa shape index (κ3) is 3.61. The molecule has 0 unspecified atom stereocenters. The summed E-state index contributed by atoms with van der Waals surface area (Å²) in [4.78, 5) is 2.56. The first kappa shape index (κ1) is 14.3. The Balaban J connectivity index is 3.40. The van der Waals surface area contributed by atoms with E-state index < -0.39 is 31.7 Å². The van der Waals surface area contributed by atoms with Crippen LogP contribution in [0.2, 0.25) is 0 Å². The number of pyridine rings is 1. The van der Waals surface area contributed by atoms with Crippen molar-refractivity contribution < 1.29 is 26.3 Å². The summed E-state index contributed by atoms with van der Waals surface area (Å²) in [5.74, 6) is -0.945. The molecule has 1 aromatic rings. The summed E-state index contributed by atoms with van der Waals surface area (Å²) in [5.41, 5.74) is 4.44. The Morgan fingerprint density at radius 1 is 1.47 bits per heavy atom. The van der Waals surface area contributed by atoms with Crippen LogP contribution in [0.5, 0.6) is 5.75 Å². The molecule has 17 heavy (non-hydrogen) atoms. The van der Waals surface area contributed by atoms with E-state index in [2.05, 4.69) is 25.7 Å². The van der Waals surface area contributed by atoms with Crippen molar-refractivity contribution in [2.75, 3.05) is 5.73 Å². The van der Waals surface area contributed by atoms with Crippen molar-refractivity contribution >= 4 is 41.4 Å². The van der Waals surface area contributed by atoms with E-state index in [-0.39, 0.29) is 4.60 Å². The lowest BCUT2D eigenvalue weighted by Gasteiger charge is -2.12. The maximum atomic E-state index is 12.0. The maximum absolute atomic E-state index is 12.0. The predicted molar refractivity (Wildman–Crippen MR) is 56.1 cm³/mol. The zero-order valence-electron chi connectivity index (χ0n) is 7.62. The highest BCUT2D eigenvalue weighted by Gasteiger charge is 2.34. The minimum atomic E-state index is -5.02. The number of hydrogen-bond donors (Lipinski definition) is 1. The normalized spacial score (nSPS) is 12.5. The number of hydrogen-bond acceptors (Lipinski definition) is 5. The summed E-state index contributed by atoms with van der Waals surface area (Å²) in [6.45, 7) is 0. The molecule has 0 aromatic carbocycles. The van der Waals surface area contributed by atoms with Crippen LogP contribution in [-0.4, -0.2) is 19.8 Å². The monoisotopic (exact) mass is 354 g/mol. The molecule has 0 saturated heterocycles. The second-order valence-electron chi connectivity index (χ2n) is 2.64. The van der Waals surface area contributed by atoms with Crippen LogP contribution in [0.15, 0.2) is 15.7 Å². The second kappa shape index (κ2) is 4.50. The standard InChI is InChI=1S/C6H3BrClF3N2O3S/c7-5-4(17(8,14)15)3(12)2(1-13-5)16-6(9,10)11/h1H,(H2,12,13). The molecule has 1 aromatic heterocycles. The largest absolute Gasteiger partial charge is 0.573 e. The Hall–Kier alpha value is -0.740. The first-order valence-corrected chi connectivity index (χ1v) is 6.77. The molecule has 0 amide bonds. The first-order valence-electron chi connectivity index (χ1n) is 3.67. The zero-order valence-corrected chi connectivity index (χ0v) is 10.8. The predicted octanol–water partition coefficient (Wildman–Crippen LogP) is 2.25. The number of nitrogens with two attached hydrogens (primary N) is 1. The number of ether oxygens (including phenoxy) is 1. The van der Waals surface area contributed by atoms with Crippen LogP contribution in [0.4, 0.5) is 18.9 Å². The molecular weight excluding hydrogens is 352 g/mol. The van der Waals surface area contributed by atoms with Gasteiger partial charge in [0.15, 0.2) is 5.75 Å². The Morgan fingerprint density at radius 3 is 2.41 bits per heavy atom. The van der Waals surface area contributed by atoms with Gasteiger partial charge >= 0.3 is 6.36 Å². The maximum Gasteiger partial charge on any atom is 0.573 e. The molecule has 0 radical (unpaired) electrons. The van der Waals surface area contributed by atoms with Gasteiger partial charge in [0.05, 0.1) is 11.9 Å². The molecule has 0 aliphatic rings. The van der Waals surface area contributed by atoms with Crippen LogP contribution in [0, 0.1) is 0 Å². The Labute approximate surface area is 106 Å². The Morgan fingerprint density at radius 2 is 2.00 bits per heavy atom. The zero-order chi connectivity index (χ0) is 13.4. The van der Waals surface area contributed by atoms with Gasteiger partial charge in [-0.25, -0.2) is 13.4 Å². The SMILES string of the molecule is Nc1c(OC(F)(F)F)cnc(Br)c1S(=O)(=O)Cl. The van der Waals surface area contributed by atoms with E-state index in [1.165, 1.54) is 0 Å². The van der Waals surface area contributed by atoms with E-state index in [4.69, 9.17) is 16.4 Å². The third-order valence-corrected chi connectivity index (χ3v) is 3.69. The van der Waals surface area contributed by atoms with Gasteiger partial charge in [-0.2, -0.15) is 0 Å². The van der Waals surface area contributed by atoms with E-state index in [1.807, 2.05) is 0 Å². The fourth-order valence-electron chi connectivity index (χ4n) is 0.904. The highest BCUT2D eigenvalue weighted by molar-refractivity contribution is 9.10. The molecule has 11 heteroatoms. The van der Waals surface area contributed by atoms with Crippen LogP contribution in [0.3, 0.4) is 0 Å². The van der Waals surface area contributed by atoms with Gasteiger partial charge in [0.1, 0.15) is 9.50 Å². The summed E-state index contributed by atoms with van der Waals surface area (Å²) >= 11 is 2.71. The lowest BCUT2D eigenvalue weighted by Crippen LogP contribution is -2.19. The van der Waals surface area contributed by atoms with Crippen LogP contribution >= 0.6 is 26.6 Å². The van der Waals surface area contributed by atoms with E-state index in [0.717, 1.165) is 0 Å². The van der Waals surface area contributed by atoms with Crippen molar-refractivity contribution in [2.45, 2.75) is 11.3 Å². The van der Waals surface area contributed by atoms with E-state index in [1.54, 1.807) is 0 Å². The van der Waals surface area contributed by atoms with E-state index in [0.29, 0.717) is 6.20 Å². The average Bonchev–Trinajstić information content (AvgIpc) is 2.06. The van der Waals surface area contributed by atoms with Gasteiger partial charge in [-0.3, -0.25) is 0 Å². The van der Waals surface area contributed by atoms with Crippen LogP contribution in [0.1, 0.15) is 0 Å². The number of nitrogens with zero attached hydrogens (tertiary/aromatic N) is 1. The van der Waals surface area contributed by atoms with E-state index >= 15 is 0 Å². The molecule has 0 spiro atoms. The molecule has 1 heterocycles.